The molecule has 0 saturated heterocycles. The zero-order valence-corrected chi connectivity index (χ0v) is 19.5. The second kappa shape index (κ2) is 10.2. The Hall–Kier alpha value is -3.50. The van der Waals surface area contributed by atoms with Gasteiger partial charge in [0.15, 0.2) is 17.2 Å². The van der Waals surface area contributed by atoms with Gasteiger partial charge < -0.3 is 40.2 Å². The molecule has 2 heterocycles. The molecule has 0 saturated carbocycles. The number of hydrogen-bond acceptors (Lipinski definition) is 7. The second-order valence-corrected chi connectivity index (χ2v) is 8.51. The molecular weight excluding hydrogens is 440 g/mol. The minimum Gasteiger partial charge on any atom is -0.486 e. The number of carbonyl (C=O) groups is 2. The highest BCUT2D eigenvalue weighted by molar-refractivity contribution is 6.04. The Bertz CT molecular complexity index is 1060. The van der Waals surface area contributed by atoms with Crippen molar-refractivity contribution in [3.8, 4) is 17.2 Å². The fourth-order valence-corrected chi connectivity index (χ4v) is 4.05. The first-order chi connectivity index (χ1) is 16.4. The third-order valence-corrected chi connectivity index (χ3v) is 5.98. The summed E-state index contributed by atoms with van der Waals surface area (Å²) in [6.07, 6.45) is -0.259. The lowest BCUT2D eigenvalue weighted by molar-refractivity contribution is 0.0417. The number of anilines is 2. The largest absolute Gasteiger partial charge is 0.486 e. The van der Waals surface area contributed by atoms with Crippen molar-refractivity contribution in [1.82, 2.24) is 10.2 Å². The molecule has 0 aliphatic carbocycles. The van der Waals surface area contributed by atoms with Crippen LogP contribution in [0, 0.1) is 5.92 Å². The molecule has 2 aromatic rings. The average molecular weight is 471 g/mol. The Morgan fingerprint density at radius 1 is 1.21 bits per heavy atom. The Morgan fingerprint density at radius 3 is 2.76 bits per heavy atom. The molecule has 10 heteroatoms. The fraction of sp³-hybridized carbons (Fsp3) is 0.417. The van der Waals surface area contributed by atoms with Crippen molar-refractivity contribution in [2.45, 2.75) is 26.0 Å². The molecule has 3 atom stereocenters. The van der Waals surface area contributed by atoms with Crippen molar-refractivity contribution in [2.75, 3.05) is 44.2 Å². The van der Waals surface area contributed by atoms with E-state index in [9.17, 15) is 14.7 Å². The molecule has 2 aromatic carbocycles. The molecule has 0 spiro atoms. The number of aliphatic hydroxyl groups is 1. The van der Waals surface area contributed by atoms with E-state index in [1.165, 1.54) is 0 Å². The van der Waals surface area contributed by atoms with Crippen LogP contribution in [0.2, 0.25) is 0 Å². The van der Waals surface area contributed by atoms with E-state index in [2.05, 4.69) is 16.0 Å². The predicted octanol–water partition coefficient (Wildman–Crippen LogP) is 2.50. The molecule has 2 aliphatic heterocycles. The van der Waals surface area contributed by atoms with Crippen LogP contribution in [0.15, 0.2) is 36.4 Å². The summed E-state index contributed by atoms with van der Waals surface area (Å²) in [5.74, 6) is 1.20. The number of ether oxygens (including phenoxy) is 3. The van der Waals surface area contributed by atoms with Gasteiger partial charge in [-0.15, -0.1) is 0 Å². The van der Waals surface area contributed by atoms with Crippen molar-refractivity contribution < 1.29 is 28.9 Å². The monoisotopic (exact) mass is 470 g/mol. The Labute approximate surface area is 198 Å². The lowest BCUT2D eigenvalue weighted by Crippen LogP contribution is -2.49. The van der Waals surface area contributed by atoms with Crippen LogP contribution >= 0.6 is 0 Å². The number of rotatable bonds is 6. The van der Waals surface area contributed by atoms with Crippen molar-refractivity contribution in [3.05, 3.63) is 42.0 Å². The van der Waals surface area contributed by atoms with E-state index in [1.807, 2.05) is 14.0 Å². The molecule has 0 aromatic heterocycles. The molecule has 10 nitrogen and oxygen atoms in total. The normalized spacial score (nSPS) is 20.0. The Balaban J connectivity index is 1.62. The molecule has 34 heavy (non-hydrogen) atoms. The summed E-state index contributed by atoms with van der Waals surface area (Å²) < 4.78 is 17.0. The summed E-state index contributed by atoms with van der Waals surface area (Å²) in [4.78, 5) is 27.9. The summed E-state index contributed by atoms with van der Waals surface area (Å²) in [5.41, 5.74) is 1.23. The van der Waals surface area contributed by atoms with Gasteiger partial charge >= 0.3 is 6.03 Å². The number of aliphatic hydroxyl groups excluding tert-OH is 1. The summed E-state index contributed by atoms with van der Waals surface area (Å²) in [5, 5.41) is 18.4. The van der Waals surface area contributed by atoms with E-state index in [0.717, 1.165) is 0 Å². The number of nitrogens with zero attached hydrogens (tertiary/aromatic N) is 1. The van der Waals surface area contributed by atoms with E-state index in [0.29, 0.717) is 47.3 Å². The van der Waals surface area contributed by atoms with E-state index in [4.69, 9.17) is 14.2 Å². The number of amides is 3. The average Bonchev–Trinajstić information content (AvgIpc) is 3.29. The van der Waals surface area contributed by atoms with Crippen LogP contribution in [-0.4, -0.2) is 67.6 Å². The Morgan fingerprint density at radius 2 is 2.00 bits per heavy atom. The van der Waals surface area contributed by atoms with Gasteiger partial charge in [-0.1, -0.05) is 13.0 Å². The van der Waals surface area contributed by atoms with Crippen molar-refractivity contribution >= 4 is 23.3 Å². The molecule has 0 unspecified atom stereocenters. The van der Waals surface area contributed by atoms with E-state index < -0.39 is 6.03 Å². The minimum atomic E-state index is -0.496. The first-order valence-corrected chi connectivity index (χ1v) is 11.2. The predicted molar refractivity (Wildman–Crippen MR) is 127 cm³/mol. The molecule has 4 rings (SSSR count). The number of nitrogens with one attached hydrogen (secondary N) is 3. The first-order valence-electron chi connectivity index (χ1n) is 11.2. The highest BCUT2D eigenvalue weighted by Gasteiger charge is 2.33. The third kappa shape index (κ3) is 4.87. The molecule has 0 bridgehead atoms. The van der Waals surface area contributed by atoms with Gasteiger partial charge in [-0.3, -0.25) is 4.79 Å². The van der Waals surface area contributed by atoms with Crippen LogP contribution in [-0.2, 0) is 0 Å². The zero-order valence-electron chi connectivity index (χ0n) is 19.5. The highest BCUT2D eigenvalue weighted by Crippen LogP contribution is 2.36. The maximum absolute atomic E-state index is 13.4. The number of benzene rings is 2. The van der Waals surface area contributed by atoms with E-state index in [1.54, 1.807) is 48.2 Å². The van der Waals surface area contributed by atoms with Crippen molar-refractivity contribution in [2.24, 2.45) is 5.92 Å². The molecular formula is C24H30N4O6. The van der Waals surface area contributed by atoms with Gasteiger partial charge in [-0.05, 0) is 38.2 Å². The maximum Gasteiger partial charge on any atom is 0.323 e. The van der Waals surface area contributed by atoms with Gasteiger partial charge in [0, 0.05) is 30.8 Å². The zero-order chi connectivity index (χ0) is 24.2. The van der Waals surface area contributed by atoms with Gasteiger partial charge in [0.2, 0.25) is 6.79 Å². The number of urea groups is 1. The Kier molecular flexibility index (Phi) is 7.09. The van der Waals surface area contributed by atoms with Crippen LogP contribution in [0.1, 0.15) is 24.2 Å². The van der Waals surface area contributed by atoms with Crippen molar-refractivity contribution in [3.63, 3.8) is 0 Å². The number of hydrogen-bond donors (Lipinski definition) is 4. The van der Waals surface area contributed by atoms with Crippen LogP contribution in [0.5, 0.6) is 17.2 Å². The molecule has 0 radical (unpaired) electrons. The second-order valence-electron chi connectivity index (χ2n) is 8.51. The molecule has 0 fully saturated rings. The SMILES string of the molecule is CNC[C@@H]1Oc2c(NC(=O)Nc3ccc4c(c3)OCO4)cccc2C(=O)N([C@H](C)CO)C[C@@H]1C. The maximum atomic E-state index is 13.4. The minimum absolute atomic E-state index is 0.0194. The van der Waals surface area contributed by atoms with Gasteiger partial charge in [0.05, 0.1) is 23.9 Å². The van der Waals surface area contributed by atoms with Gasteiger partial charge in [0.1, 0.15) is 6.10 Å². The van der Waals surface area contributed by atoms with Crippen LogP contribution in [0.4, 0.5) is 16.2 Å². The van der Waals surface area contributed by atoms with Crippen LogP contribution < -0.4 is 30.2 Å². The topological polar surface area (TPSA) is 121 Å². The number of para-hydroxylation sites is 1. The number of likely N-dealkylation sites (N-methyl/N-ethyl adjacent to an activating group) is 1. The summed E-state index contributed by atoms with van der Waals surface area (Å²) in [6, 6.07) is 9.30. The van der Waals surface area contributed by atoms with E-state index >= 15 is 0 Å². The molecule has 182 valence electrons. The highest BCUT2D eigenvalue weighted by atomic mass is 16.7. The smallest absolute Gasteiger partial charge is 0.323 e. The van der Waals surface area contributed by atoms with E-state index in [-0.39, 0.29) is 37.4 Å². The van der Waals surface area contributed by atoms with Gasteiger partial charge in [-0.2, -0.15) is 0 Å². The molecule has 3 amide bonds. The summed E-state index contributed by atoms with van der Waals surface area (Å²) >= 11 is 0. The summed E-state index contributed by atoms with van der Waals surface area (Å²) in [7, 11) is 1.83. The lowest BCUT2D eigenvalue weighted by atomic mass is 9.99. The van der Waals surface area contributed by atoms with Gasteiger partial charge in [-0.25, -0.2) is 4.79 Å². The van der Waals surface area contributed by atoms with Crippen LogP contribution in [0.3, 0.4) is 0 Å². The molecule has 2 aliphatic rings. The van der Waals surface area contributed by atoms with Crippen molar-refractivity contribution in [1.29, 1.82) is 0 Å². The number of carbonyl (C=O) groups excluding carboxylic acids is 2. The summed E-state index contributed by atoms with van der Waals surface area (Å²) in [6.45, 7) is 4.79. The van der Waals surface area contributed by atoms with Gasteiger partial charge in [0.25, 0.3) is 5.91 Å². The standard InChI is InChI=1S/C24H30N4O6/c1-14-11-28(15(2)12-29)23(30)17-5-4-6-18(22(17)34-21(14)10-25-3)27-24(31)26-16-7-8-19-20(9-16)33-13-32-19/h4-9,14-15,21,25,29H,10-13H2,1-3H3,(H2,26,27,31)/t14-,15+,21-/m0/s1. The third-order valence-electron chi connectivity index (χ3n) is 5.98. The molecule has 4 N–H and O–H groups in total. The quantitative estimate of drug-likeness (QED) is 0.512. The first kappa shape index (κ1) is 23.7. The number of fused-ring (bicyclic) bond motifs is 2. The van der Waals surface area contributed by atoms with Crippen LogP contribution in [0.25, 0.3) is 0 Å². The fourth-order valence-electron chi connectivity index (χ4n) is 4.05. The lowest BCUT2D eigenvalue weighted by Gasteiger charge is -2.37.